The van der Waals surface area contributed by atoms with E-state index in [-0.39, 0.29) is 41.5 Å². The molecule has 6 nitrogen and oxygen atoms in total. The quantitative estimate of drug-likeness (QED) is 0.230. The van der Waals surface area contributed by atoms with Crippen molar-refractivity contribution in [2.75, 3.05) is 20.1 Å². The summed E-state index contributed by atoms with van der Waals surface area (Å²) in [6, 6.07) is 12.0. The molecular formula is C21H29IN4O2S. The molecule has 0 saturated heterocycles. The maximum atomic E-state index is 11.9. The van der Waals surface area contributed by atoms with Gasteiger partial charge in [0.05, 0.1) is 10.9 Å². The molecule has 2 aromatic rings. The highest BCUT2D eigenvalue weighted by Crippen LogP contribution is 2.39. The predicted molar refractivity (Wildman–Crippen MR) is 130 cm³/mol. The number of carbonyl (C=O) groups excluding carboxylic acids is 1. The van der Waals surface area contributed by atoms with Crippen molar-refractivity contribution in [2.24, 2.45) is 4.99 Å². The molecule has 29 heavy (non-hydrogen) atoms. The number of hydrogen-bond acceptors (Lipinski definition) is 4. The van der Waals surface area contributed by atoms with Gasteiger partial charge in [0.25, 0.3) is 5.91 Å². The number of fused-ring (bicyclic) bond motifs is 1. The number of aliphatic imine (C=N–C) groups is 1. The number of para-hydroxylation sites is 1. The Morgan fingerprint density at radius 3 is 2.69 bits per heavy atom. The van der Waals surface area contributed by atoms with Crippen LogP contribution < -0.4 is 20.7 Å². The third-order valence-electron chi connectivity index (χ3n) is 4.59. The number of benzene rings is 1. The molecule has 1 aromatic heterocycles. The van der Waals surface area contributed by atoms with E-state index in [4.69, 9.17) is 4.74 Å². The van der Waals surface area contributed by atoms with Gasteiger partial charge in [-0.1, -0.05) is 24.3 Å². The summed E-state index contributed by atoms with van der Waals surface area (Å²) < 4.78 is 6.09. The van der Waals surface area contributed by atoms with E-state index in [1.54, 1.807) is 7.05 Å². The lowest BCUT2D eigenvalue weighted by Crippen LogP contribution is -2.45. The van der Waals surface area contributed by atoms with Crippen LogP contribution in [-0.4, -0.2) is 37.6 Å². The molecule has 3 N–H and O–H groups in total. The van der Waals surface area contributed by atoms with Crippen LogP contribution >= 0.6 is 35.3 Å². The van der Waals surface area contributed by atoms with Crippen molar-refractivity contribution in [3.63, 3.8) is 0 Å². The molecule has 1 aliphatic heterocycles. The number of nitrogens with zero attached hydrogens (tertiary/aromatic N) is 1. The van der Waals surface area contributed by atoms with Gasteiger partial charge in [-0.3, -0.25) is 9.79 Å². The number of guanidine groups is 1. The fourth-order valence-corrected chi connectivity index (χ4v) is 3.92. The van der Waals surface area contributed by atoms with Crippen LogP contribution in [0.5, 0.6) is 5.75 Å². The van der Waals surface area contributed by atoms with E-state index in [2.05, 4.69) is 40.9 Å². The van der Waals surface area contributed by atoms with Crippen molar-refractivity contribution >= 4 is 47.2 Å². The molecule has 1 unspecified atom stereocenters. The van der Waals surface area contributed by atoms with Gasteiger partial charge in [-0.05, 0) is 37.8 Å². The second kappa shape index (κ2) is 10.8. The van der Waals surface area contributed by atoms with Gasteiger partial charge in [0.2, 0.25) is 0 Å². The molecule has 0 aliphatic carbocycles. The summed E-state index contributed by atoms with van der Waals surface area (Å²) in [5.41, 5.74) is 0.907. The van der Waals surface area contributed by atoms with Gasteiger partial charge < -0.3 is 20.7 Å². The van der Waals surface area contributed by atoms with Gasteiger partial charge >= 0.3 is 0 Å². The van der Waals surface area contributed by atoms with Crippen LogP contribution in [0.1, 0.15) is 48.0 Å². The standard InChI is InChI=1S/C21H28N4O2S.HI/c1-21(2)14-16(15-8-4-5-9-17(15)27-21)25-20(22-3)24-12-7-11-23-19(26)18-10-6-13-28-18;/h4-6,8-10,13,16H,7,11-12,14H2,1-3H3,(H,23,26)(H2,22,24,25);1H. The molecule has 0 saturated carbocycles. The Morgan fingerprint density at radius 2 is 1.97 bits per heavy atom. The third kappa shape index (κ3) is 6.60. The van der Waals surface area contributed by atoms with Crippen molar-refractivity contribution in [3.05, 3.63) is 52.2 Å². The summed E-state index contributed by atoms with van der Waals surface area (Å²) in [4.78, 5) is 17.0. The molecule has 0 radical (unpaired) electrons. The number of ether oxygens (including phenoxy) is 1. The molecule has 0 bridgehead atoms. The molecule has 1 atom stereocenters. The molecule has 3 rings (SSSR count). The highest BCUT2D eigenvalue weighted by atomic mass is 127. The Kier molecular flexibility index (Phi) is 8.76. The van der Waals surface area contributed by atoms with E-state index < -0.39 is 0 Å². The molecule has 1 amide bonds. The minimum Gasteiger partial charge on any atom is -0.487 e. The second-order valence-corrected chi connectivity index (χ2v) is 8.33. The maximum absolute atomic E-state index is 11.9. The van der Waals surface area contributed by atoms with Crippen LogP contribution in [0.25, 0.3) is 0 Å². The Labute approximate surface area is 193 Å². The topological polar surface area (TPSA) is 74.8 Å². The summed E-state index contributed by atoms with van der Waals surface area (Å²) in [5, 5.41) is 11.7. The zero-order valence-corrected chi connectivity index (χ0v) is 20.2. The molecule has 8 heteroatoms. The van der Waals surface area contributed by atoms with E-state index in [1.165, 1.54) is 11.3 Å². The van der Waals surface area contributed by atoms with Crippen LogP contribution in [0.2, 0.25) is 0 Å². The zero-order valence-electron chi connectivity index (χ0n) is 17.0. The molecule has 2 heterocycles. The highest BCUT2D eigenvalue weighted by Gasteiger charge is 2.33. The van der Waals surface area contributed by atoms with Crippen LogP contribution in [-0.2, 0) is 0 Å². The van der Waals surface area contributed by atoms with Crippen molar-refractivity contribution in [1.29, 1.82) is 0 Å². The first kappa shape index (κ1) is 23.5. The first-order chi connectivity index (χ1) is 13.5. The fraction of sp³-hybridized carbons (Fsp3) is 0.429. The number of halogens is 1. The van der Waals surface area contributed by atoms with Crippen molar-refractivity contribution in [1.82, 2.24) is 16.0 Å². The van der Waals surface area contributed by atoms with Crippen LogP contribution in [0.15, 0.2) is 46.8 Å². The fourth-order valence-electron chi connectivity index (χ4n) is 3.28. The number of amides is 1. The summed E-state index contributed by atoms with van der Waals surface area (Å²) in [6.07, 6.45) is 1.66. The Hall–Kier alpha value is -1.81. The minimum absolute atomic E-state index is 0. The van der Waals surface area contributed by atoms with E-state index >= 15 is 0 Å². The predicted octanol–water partition coefficient (Wildman–Crippen LogP) is 3.95. The highest BCUT2D eigenvalue weighted by molar-refractivity contribution is 14.0. The van der Waals surface area contributed by atoms with Crippen LogP contribution in [0, 0.1) is 0 Å². The normalized spacial score (nSPS) is 17.3. The summed E-state index contributed by atoms with van der Waals surface area (Å²) in [7, 11) is 1.77. The van der Waals surface area contributed by atoms with Crippen molar-refractivity contribution < 1.29 is 9.53 Å². The maximum Gasteiger partial charge on any atom is 0.261 e. The number of nitrogens with one attached hydrogen (secondary N) is 3. The summed E-state index contributed by atoms with van der Waals surface area (Å²) in [5.74, 6) is 1.66. The lowest BCUT2D eigenvalue weighted by atomic mass is 9.90. The largest absolute Gasteiger partial charge is 0.487 e. The lowest BCUT2D eigenvalue weighted by molar-refractivity contribution is 0.0694. The molecule has 0 spiro atoms. The number of hydrogen-bond donors (Lipinski definition) is 3. The number of carbonyl (C=O) groups is 1. The van der Waals surface area contributed by atoms with E-state index in [0.717, 1.165) is 41.5 Å². The first-order valence-corrected chi connectivity index (χ1v) is 10.4. The number of thiophene rings is 1. The second-order valence-electron chi connectivity index (χ2n) is 7.39. The monoisotopic (exact) mass is 528 g/mol. The number of rotatable bonds is 6. The average Bonchev–Trinajstić information content (AvgIpc) is 3.20. The Bertz CT molecular complexity index is 824. The Balaban J connectivity index is 0.00000300. The van der Waals surface area contributed by atoms with Crippen LogP contribution in [0.4, 0.5) is 0 Å². The minimum atomic E-state index is -0.239. The molecule has 158 valence electrons. The van der Waals surface area contributed by atoms with Crippen molar-refractivity contribution in [3.8, 4) is 5.75 Å². The molecular weight excluding hydrogens is 499 g/mol. The van der Waals surface area contributed by atoms with Crippen LogP contribution in [0.3, 0.4) is 0 Å². The zero-order chi connectivity index (χ0) is 20.0. The van der Waals surface area contributed by atoms with Gasteiger partial charge in [0, 0.05) is 32.1 Å². The van der Waals surface area contributed by atoms with Gasteiger partial charge in [-0.15, -0.1) is 35.3 Å². The molecule has 1 aliphatic rings. The van der Waals surface area contributed by atoms with E-state index in [9.17, 15) is 4.79 Å². The van der Waals surface area contributed by atoms with E-state index in [0.29, 0.717) is 6.54 Å². The summed E-state index contributed by atoms with van der Waals surface area (Å²) in [6.45, 7) is 5.54. The molecule has 1 aromatic carbocycles. The average molecular weight is 528 g/mol. The SMILES string of the molecule is CN=C(NCCCNC(=O)c1cccs1)NC1CC(C)(C)Oc2ccccc21.I. The Morgan fingerprint density at radius 1 is 1.21 bits per heavy atom. The lowest BCUT2D eigenvalue weighted by Gasteiger charge is -2.38. The third-order valence-corrected chi connectivity index (χ3v) is 5.46. The van der Waals surface area contributed by atoms with Gasteiger partial charge in [-0.25, -0.2) is 0 Å². The summed E-state index contributed by atoms with van der Waals surface area (Å²) >= 11 is 1.45. The van der Waals surface area contributed by atoms with E-state index in [1.807, 2.05) is 35.7 Å². The van der Waals surface area contributed by atoms with Gasteiger partial charge in [0.15, 0.2) is 5.96 Å². The van der Waals surface area contributed by atoms with Gasteiger partial charge in [-0.2, -0.15) is 0 Å². The molecule has 0 fully saturated rings. The van der Waals surface area contributed by atoms with Crippen molar-refractivity contribution in [2.45, 2.75) is 38.3 Å². The van der Waals surface area contributed by atoms with Gasteiger partial charge in [0.1, 0.15) is 11.4 Å². The smallest absolute Gasteiger partial charge is 0.261 e. The first-order valence-electron chi connectivity index (χ1n) is 9.55.